The summed E-state index contributed by atoms with van der Waals surface area (Å²) in [5.41, 5.74) is 5.19. The largest absolute Gasteiger partial charge is 0.494 e. The van der Waals surface area contributed by atoms with Gasteiger partial charge in [-0.15, -0.1) is 0 Å². The Hall–Kier alpha value is -1.66. The van der Waals surface area contributed by atoms with Crippen LogP contribution in [0.15, 0.2) is 24.3 Å². The van der Waals surface area contributed by atoms with Crippen LogP contribution in [0.5, 0.6) is 5.75 Å². The van der Waals surface area contributed by atoms with Crippen LogP contribution < -0.4 is 15.8 Å². The van der Waals surface area contributed by atoms with Crippen LogP contribution in [0.3, 0.4) is 0 Å². The number of hydrogen-bond donors (Lipinski definition) is 2. The van der Waals surface area contributed by atoms with Crippen molar-refractivity contribution in [3.05, 3.63) is 30.1 Å². The molecule has 0 saturated carbocycles. The standard InChI is InChI=1S/C15H24FN3O2/c1-19(9-2-8-18-15(20)12-17)10-3-11-21-14-6-4-13(16)5-7-14/h4-7H,2-3,8-12,17H2,1H3,(H,18,20). The van der Waals surface area contributed by atoms with Gasteiger partial charge in [-0.05, 0) is 50.7 Å². The van der Waals surface area contributed by atoms with Crippen LogP contribution in [-0.2, 0) is 4.79 Å². The van der Waals surface area contributed by atoms with Crippen LogP contribution >= 0.6 is 0 Å². The predicted octanol–water partition coefficient (Wildman–Crippen LogP) is 0.991. The Morgan fingerprint density at radius 2 is 1.95 bits per heavy atom. The quantitative estimate of drug-likeness (QED) is 0.632. The Kier molecular flexibility index (Phi) is 8.38. The Morgan fingerprint density at radius 1 is 1.29 bits per heavy atom. The minimum atomic E-state index is -0.260. The third-order valence-electron chi connectivity index (χ3n) is 2.99. The molecule has 5 nitrogen and oxygen atoms in total. The molecule has 0 unspecified atom stereocenters. The first-order valence-corrected chi connectivity index (χ1v) is 7.15. The molecule has 0 aliphatic heterocycles. The zero-order chi connectivity index (χ0) is 15.5. The van der Waals surface area contributed by atoms with E-state index in [0.717, 1.165) is 25.9 Å². The SMILES string of the molecule is CN(CCCNC(=O)CN)CCCOc1ccc(F)cc1. The maximum absolute atomic E-state index is 12.7. The number of nitrogens with one attached hydrogen (secondary N) is 1. The summed E-state index contributed by atoms with van der Waals surface area (Å²) < 4.78 is 18.2. The van der Waals surface area contributed by atoms with E-state index in [4.69, 9.17) is 10.5 Å². The molecule has 0 aliphatic carbocycles. The highest BCUT2D eigenvalue weighted by Crippen LogP contribution is 2.11. The molecule has 0 spiro atoms. The van der Waals surface area contributed by atoms with Crippen molar-refractivity contribution in [1.29, 1.82) is 0 Å². The van der Waals surface area contributed by atoms with Crippen LogP contribution in [0, 0.1) is 5.82 Å². The van der Waals surface area contributed by atoms with E-state index >= 15 is 0 Å². The molecule has 0 aliphatic rings. The lowest BCUT2D eigenvalue weighted by Gasteiger charge is -2.16. The molecule has 1 aromatic rings. The molecule has 6 heteroatoms. The molecule has 21 heavy (non-hydrogen) atoms. The van der Waals surface area contributed by atoms with E-state index in [1.54, 1.807) is 12.1 Å². The molecule has 0 aromatic heterocycles. The molecule has 0 bridgehead atoms. The summed E-state index contributed by atoms with van der Waals surface area (Å²) in [6, 6.07) is 6.02. The third-order valence-corrected chi connectivity index (χ3v) is 2.99. The highest BCUT2D eigenvalue weighted by atomic mass is 19.1. The summed E-state index contributed by atoms with van der Waals surface area (Å²) in [6.45, 7) is 3.09. The highest BCUT2D eigenvalue weighted by Gasteiger charge is 2.00. The van der Waals surface area contributed by atoms with Crippen LogP contribution in [0.4, 0.5) is 4.39 Å². The maximum Gasteiger partial charge on any atom is 0.233 e. The number of amides is 1. The molecule has 1 amide bonds. The summed E-state index contributed by atoms with van der Waals surface area (Å²) in [6.07, 6.45) is 1.78. The van der Waals surface area contributed by atoms with Crippen molar-refractivity contribution in [1.82, 2.24) is 10.2 Å². The number of rotatable bonds is 10. The smallest absolute Gasteiger partial charge is 0.233 e. The second kappa shape index (κ2) is 10.1. The van der Waals surface area contributed by atoms with E-state index in [1.165, 1.54) is 12.1 Å². The van der Waals surface area contributed by atoms with Gasteiger partial charge in [0.05, 0.1) is 13.2 Å². The summed E-state index contributed by atoms with van der Waals surface area (Å²) in [4.78, 5) is 13.1. The fourth-order valence-corrected chi connectivity index (χ4v) is 1.82. The van der Waals surface area contributed by atoms with Gasteiger partial charge in [0.25, 0.3) is 0 Å². The van der Waals surface area contributed by atoms with Crippen molar-refractivity contribution in [2.45, 2.75) is 12.8 Å². The van der Waals surface area contributed by atoms with E-state index in [1.807, 2.05) is 7.05 Å². The first kappa shape index (κ1) is 17.4. The van der Waals surface area contributed by atoms with Crippen LogP contribution in [0.25, 0.3) is 0 Å². The van der Waals surface area contributed by atoms with Crippen molar-refractivity contribution in [2.75, 3.05) is 39.8 Å². The summed E-state index contributed by atoms with van der Waals surface area (Å²) in [7, 11) is 2.03. The highest BCUT2D eigenvalue weighted by molar-refractivity contribution is 5.77. The number of carbonyl (C=O) groups is 1. The average molecular weight is 297 g/mol. The van der Waals surface area contributed by atoms with Gasteiger partial charge >= 0.3 is 0 Å². The molecule has 1 aromatic carbocycles. The third kappa shape index (κ3) is 8.27. The van der Waals surface area contributed by atoms with E-state index in [-0.39, 0.29) is 18.3 Å². The molecule has 0 radical (unpaired) electrons. The minimum Gasteiger partial charge on any atom is -0.494 e. The number of nitrogens with zero attached hydrogens (tertiary/aromatic N) is 1. The van der Waals surface area contributed by atoms with Gasteiger partial charge in [-0.3, -0.25) is 4.79 Å². The Balaban J connectivity index is 2.01. The van der Waals surface area contributed by atoms with Gasteiger partial charge in [-0.1, -0.05) is 0 Å². The van der Waals surface area contributed by atoms with Crippen LogP contribution in [-0.4, -0.2) is 50.6 Å². The normalized spacial score (nSPS) is 10.7. The van der Waals surface area contributed by atoms with Gasteiger partial charge in [-0.2, -0.15) is 0 Å². The van der Waals surface area contributed by atoms with Gasteiger partial charge in [0.15, 0.2) is 0 Å². The molecular formula is C15H24FN3O2. The van der Waals surface area contributed by atoms with E-state index in [0.29, 0.717) is 18.9 Å². The topological polar surface area (TPSA) is 67.6 Å². The van der Waals surface area contributed by atoms with E-state index < -0.39 is 0 Å². The van der Waals surface area contributed by atoms with E-state index in [2.05, 4.69) is 10.2 Å². The Morgan fingerprint density at radius 3 is 2.62 bits per heavy atom. The van der Waals surface area contributed by atoms with Crippen molar-refractivity contribution in [2.24, 2.45) is 5.73 Å². The summed E-state index contributed by atoms with van der Waals surface area (Å²) >= 11 is 0. The fourth-order valence-electron chi connectivity index (χ4n) is 1.82. The lowest BCUT2D eigenvalue weighted by molar-refractivity contribution is -0.119. The van der Waals surface area contributed by atoms with Crippen LogP contribution in [0.1, 0.15) is 12.8 Å². The molecule has 0 heterocycles. The van der Waals surface area contributed by atoms with Crippen molar-refractivity contribution < 1.29 is 13.9 Å². The van der Waals surface area contributed by atoms with Gasteiger partial charge in [0.2, 0.25) is 5.91 Å². The lowest BCUT2D eigenvalue weighted by atomic mass is 10.3. The van der Waals surface area contributed by atoms with Gasteiger partial charge < -0.3 is 20.7 Å². The molecule has 0 fully saturated rings. The van der Waals surface area contributed by atoms with Crippen molar-refractivity contribution in [3.63, 3.8) is 0 Å². The summed E-state index contributed by atoms with van der Waals surface area (Å²) in [5, 5.41) is 2.74. The fraction of sp³-hybridized carbons (Fsp3) is 0.533. The number of ether oxygens (including phenoxy) is 1. The second-order valence-corrected chi connectivity index (χ2v) is 4.87. The Bertz CT molecular complexity index is 412. The second-order valence-electron chi connectivity index (χ2n) is 4.87. The number of hydrogen-bond acceptors (Lipinski definition) is 4. The molecule has 0 saturated heterocycles. The van der Waals surface area contributed by atoms with Crippen molar-refractivity contribution >= 4 is 5.91 Å². The van der Waals surface area contributed by atoms with Gasteiger partial charge in [-0.25, -0.2) is 4.39 Å². The molecule has 0 atom stereocenters. The van der Waals surface area contributed by atoms with Gasteiger partial charge in [0, 0.05) is 13.1 Å². The number of carbonyl (C=O) groups excluding carboxylic acids is 1. The average Bonchev–Trinajstić information content (AvgIpc) is 2.49. The molecule has 118 valence electrons. The van der Waals surface area contributed by atoms with Gasteiger partial charge in [0.1, 0.15) is 11.6 Å². The summed E-state index contributed by atoms with van der Waals surface area (Å²) in [5.74, 6) is 0.303. The Labute approximate surface area is 125 Å². The number of benzene rings is 1. The predicted molar refractivity (Wildman–Crippen MR) is 80.7 cm³/mol. The number of halogens is 1. The monoisotopic (exact) mass is 297 g/mol. The first-order chi connectivity index (χ1) is 10.1. The zero-order valence-corrected chi connectivity index (χ0v) is 12.5. The maximum atomic E-state index is 12.7. The molecule has 1 rings (SSSR count). The first-order valence-electron chi connectivity index (χ1n) is 7.15. The number of nitrogens with two attached hydrogens (primary N) is 1. The van der Waals surface area contributed by atoms with Crippen LogP contribution in [0.2, 0.25) is 0 Å². The molecular weight excluding hydrogens is 273 g/mol. The zero-order valence-electron chi connectivity index (χ0n) is 12.5. The van der Waals surface area contributed by atoms with Crippen molar-refractivity contribution in [3.8, 4) is 5.75 Å². The lowest BCUT2D eigenvalue weighted by Crippen LogP contribution is -2.33. The minimum absolute atomic E-state index is 0.0383. The molecule has 3 N–H and O–H groups in total. The van der Waals surface area contributed by atoms with E-state index in [9.17, 15) is 9.18 Å².